The smallest absolute Gasteiger partial charge is 0.279 e. The van der Waals surface area contributed by atoms with Crippen LogP contribution in [0.2, 0.25) is 0 Å². The van der Waals surface area contributed by atoms with Crippen molar-refractivity contribution in [1.82, 2.24) is 15.2 Å². The fourth-order valence-electron chi connectivity index (χ4n) is 2.23. The second-order valence-corrected chi connectivity index (χ2v) is 8.35. The summed E-state index contributed by atoms with van der Waals surface area (Å²) in [5.41, 5.74) is 5.13. The highest BCUT2D eigenvalue weighted by Gasteiger charge is 2.23. The first kappa shape index (κ1) is 22.3. The summed E-state index contributed by atoms with van der Waals surface area (Å²) >= 11 is 0. The lowest BCUT2D eigenvalue weighted by Gasteiger charge is -2.18. The molecule has 2 amide bonds. The summed E-state index contributed by atoms with van der Waals surface area (Å²) in [7, 11) is -2.61. The molecule has 2 aromatic rings. The van der Waals surface area contributed by atoms with Gasteiger partial charge in [-0.05, 0) is 38.1 Å². The molecule has 29 heavy (non-hydrogen) atoms. The fraction of sp³-hybridized carbons (Fsp3) is 0.263. The van der Waals surface area contributed by atoms with E-state index in [1.165, 1.54) is 44.3 Å². The maximum atomic E-state index is 13.6. The van der Waals surface area contributed by atoms with Gasteiger partial charge in [0.25, 0.3) is 11.8 Å². The highest BCUT2D eigenvalue weighted by atomic mass is 32.2. The van der Waals surface area contributed by atoms with Crippen LogP contribution in [0.4, 0.5) is 4.39 Å². The number of sulfonamides is 1. The number of aryl methyl sites for hydroxylation is 1. The maximum Gasteiger partial charge on any atom is 0.279 e. The number of carbonyl (C=O) groups is 2. The third kappa shape index (κ3) is 6.00. The van der Waals surface area contributed by atoms with Crippen molar-refractivity contribution in [3.8, 4) is 5.75 Å². The van der Waals surface area contributed by atoms with Crippen molar-refractivity contribution in [1.29, 1.82) is 0 Å². The molecule has 0 fully saturated rings. The molecular formula is C19H22FN3O5S. The topological polar surface area (TPSA) is 105 Å². The Bertz CT molecular complexity index is 980. The maximum absolute atomic E-state index is 13.6. The summed E-state index contributed by atoms with van der Waals surface area (Å²) in [6.45, 7) is 2.69. The molecule has 2 N–H and O–H groups in total. The molecule has 0 aromatic heterocycles. The Morgan fingerprint density at radius 1 is 1.10 bits per heavy atom. The zero-order valence-electron chi connectivity index (χ0n) is 16.2. The van der Waals surface area contributed by atoms with Crippen LogP contribution in [0.5, 0.6) is 5.75 Å². The molecule has 156 valence electrons. The summed E-state index contributed by atoms with van der Waals surface area (Å²) in [5.74, 6) is -2.22. The Balaban J connectivity index is 1.87. The molecule has 0 saturated heterocycles. The van der Waals surface area contributed by atoms with Crippen molar-refractivity contribution in [2.45, 2.75) is 24.8 Å². The first-order valence-corrected chi connectivity index (χ1v) is 10.1. The minimum atomic E-state index is -3.86. The molecule has 1 atom stereocenters. The second-order valence-electron chi connectivity index (χ2n) is 6.30. The fourth-order valence-corrected chi connectivity index (χ4v) is 3.36. The number of halogens is 1. The zero-order chi connectivity index (χ0) is 21.6. The Hall–Kier alpha value is -2.98. The molecule has 0 radical (unpaired) electrons. The van der Waals surface area contributed by atoms with Gasteiger partial charge in [0.05, 0.1) is 11.4 Å². The molecule has 10 heteroatoms. The standard InChI is InChI=1S/C19H22FN3O5S/c1-13-8-10-15(11-9-13)29(26,27)23(3)12-18(24)21-22-19(25)14(2)28-17-7-5-4-6-16(17)20/h4-11,14H,12H2,1-3H3,(H,21,24)(H,22,25). The molecule has 0 saturated carbocycles. The molecule has 2 aromatic carbocycles. The third-order valence-corrected chi connectivity index (χ3v) is 5.75. The number of ether oxygens (including phenoxy) is 1. The van der Waals surface area contributed by atoms with Gasteiger partial charge in [0.15, 0.2) is 17.7 Å². The van der Waals surface area contributed by atoms with E-state index in [4.69, 9.17) is 4.74 Å². The predicted molar refractivity (Wildman–Crippen MR) is 104 cm³/mol. The minimum Gasteiger partial charge on any atom is -0.478 e. The van der Waals surface area contributed by atoms with E-state index in [1.54, 1.807) is 18.2 Å². The number of nitrogens with one attached hydrogen (secondary N) is 2. The molecule has 1 unspecified atom stereocenters. The van der Waals surface area contributed by atoms with E-state index in [-0.39, 0.29) is 10.6 Å². The van der Waals surface area contributed by atoms with Gasteiger partial charge in [-0.25, -0.2) is 12.8 Å². The SMILES string of the molecule is Cc1ccc(S(=O)(=O)N(C)CC(=O)NNC(=O)C(C)Oc2ccccc2F)cc1. The van der Waals surface area contributed by atoms with Crippen molar-refractivity contribution in [3.63, 3.8) is 0 Å². The van der Waals surface area contributed by atoms with Gasteiger partial charge in [0.2, 0.25) is 10.0 Å². The van der Waals surface area contributed by atoms with Crippen LogP contribution in [0.1, 0.15) is 12.5 Å². The van der Waals surface area contributed by atoms with Crippen LogP contribution < -0.4 is 15.6 Å². The van der Waals surface area contributed by atoms with Crippen LogP contribution in [-0.2, 0) is 19.6 Å². The Morgan fingerprint density at radius 2 is 1.72 bits per heavy atom. The lowest BCUT2D eigenvalue weighted by atomic mass is 10.2. The number of benzene rings is 2. The summed E-state index contributed by atoms with van der Waals surface area (Å²) < 4.78 is 44.5. The number of hydrogen-bond donors (Lipinski definition) is 2. The summed E-state index contributed by atoms with van der Waals surface area (Å²) in [6.07, 6.45) is -1.10. The molecule has 0 aliphatic heterocycles. The molecule has 0 bridgehead atoms. The largest absolute Gasteiger partial charge is 0.478 e. The number of amides is 2. The number of hydrazine groups is 1. The first-order chi connectivity index (χ1) is 13.6. The van der Waals surface area contributed by atoms with Crippen molar-refractivity contribution < 1.29 is 27.1 Å². The average Bonchev–Trinajstić information content (AvgIpc) is 2.68. The first-order valence-electron chi connectivity index (χ1n) is 8.64. The van der Waals surface area contributed by atoms with Crippen LogP contribution in [-0.4, -0.2) is 44.2 Å². The van der Waals surface area contributed by atoms with Crippen LogP contribution in [0, 0.1) is 12.7 Å². The van der Waals surface area contributed by atoms with E-state index < -0.39 is 40.3 Å². The normalized spacial score (nSPS) is 12.3. The van der Waals surface area contributed by atoms with E-state index in [0.29, 0.717) is 0 Å². The number of rotatable bonds is 7. The molecule has 0 heterocycles. The van der Waals surface area contributed by atoms with E-state index in [0.717, 1.165) is 9.87 Å². The van der Waals surface area contributed by atoms with Crippen molar-refractivity contribution in [2.75, 3.05) is 13.6 Å². The van der Waals surface area contributed by atoms with Gasteiger partial charge in [-0.2, -0.15) is 4.31 Å². The minimum absolute atomic E-state index is 0.0503. The zero-order valence-corrected chi connectivity index (χ0v) is 17.0. The van der Waals surface area contributed by atoms with Gasteiger partial charge in [-0.1, -0.05) is 29.8 Å². The van der Waals surface area contributed by atoms with Crippen molar-refractivity contribution in [2.24, 2.45) is 0 Å². The van der Waals surface area contributed by atoms with Gasteiger partial charge in [-0.15, -0.1) is 0 Å². The van der Waals surface area contributed by atoms with Crippen molar-refractivity contribution >= 4 is 21.8 Å². The molecule has 0 spiro atoms. The van der Waals surface area contributed by atoms with E-state index in [9.17, 15) is 22.4 Å². The second kappa shape index (κ2) is 9.48. The number of likely N-dealkylation sites (N-methyl/N-ethyl adjacent to an activating group) is 1. The number of hydrogen-bond acceptors (Lipinski definition) is 5. The highest BCUT2D eigenvalue weighted by molar-refractivity contribution is 7.89. The van der Waals surface area contributed by atoms with Gasteiger partial charge >= 0.3 is 0 Å². The molecular weight excluding hydrogens is 401 g/mol. The monoisotopic (exact) mass is 423 g/mol. The number of carbonyl (C=O) groups excluding carboxylic acids is 2. The van der Waals surface area contributed by atoms with Crippen LogP contribution in [0.15, 0.2) is 53.4 Å². The summed E-state index contributed by atoms with van der Waals surface area (Å²) in [5, 5.41) is 0. The van der Waals surface area contributed by atoms with E-state index in [1.807, 2.05) is 6.92 Å². The van der Waals surface area contributed by atoms with Gasteiger partial charge < -0.3 is 4.74 Å². The van der Waals surface area contributed by atoms with Gasteiger partial charge in [-0.3, -0.25) is 20.4 Å². The van der Waals surface area contributed by atoms with Gasteiger partial charge in [0, 0.05) is 7.05 Å². The third-order valence-electron chi connectivity index (χ3n) is 3.93. The van der Waals surface area contributed by atoms with Gasteiger partial charge in [0.1, 0.15) is 0 Å². The van der Waals surface area contributed by atoms with Crippen molar-refractivity contribution in [3.05, 3.63) is 59.9 Å². The summed E-state index contributed by atoms with van der Waals surface area (Å²) in [6, 6.07) is 11.8. The number of nitrogens with zero attached hydrogens (tertiary/aromatic N) is 1. The van der Waals surface area contributed by atoms with Crippen LogP contribution >= 0.6 is 0 Å². The molecule has 0 aliphatic rings. The molecule has 0 aliphatic carbocycles. The Kier molecular flexibility index (Phi) is 7.29. The highest BCUT2D eigenvalue weighted by Crippen LogP contribution is 2.17. The lowest BCUT2D eigenvalue weighted by Crippen LogP contribution is -2.50. The van der Waals surface area contributed by atoms with Crippen LogP contribution in [0.25, 0.3) is 0 Å². The Labute approximate surface area is 168 Å². The van der Waals surface area contributed by atoms with Crippen LogP contribution in [0.3, 0.4) is 0 Å². The average molecular weight is 423 g/mol. The summed E-state index contributed by atoms with van der Waals surface area (Å²) in [4.78, 5) is 24.0. The molecule has 2 rings (SSSR count). The quantitative estimate of drug-likeness (QED) is 0.655. The van der Waals surface area contributed by atoms with E-state index >= 15 is 0 Å². The Morgan fingerprint density at radius 3 is 2.34 bits per heavy atom. The number of para-hydroxylation sites is 1. The lowest BCUT2D eigenvalue weighted by molar-refractivity contribution is -0.132. The predicted octanol–water partition coefficient (Wildman–Crippen LogP) is 1.37. The molecule has 8 nitrogen and oxygen atoms in total. The van der Waals surface area contributed by atoms with E-state index in [2.05, 4.69) is 10.9 Å².